The number of fused-ring (bicyclic) bond motifs is 2. The topological polar surface area (TPSA) is 72.0 Å². The average molecular weight is 389 g/mol. The van der Waals surface area contributed by atoms with Crippen LogP contribution < -0.4 is 5.56 Å². The first-order valence-electron chi connectivity index (χ1n) is 8.46. The minimum atomic E-state index is -0.370. The van der Waals surface area contributed by atoms with Gasteiger partial charge in [-0.15, -0.1) is 11.3 Å². The third-order valence-corrected chi connectivity index (χ3v) is 5.97. The van der Waals surface area contributed by atoms with Crippen molar-refractivity contribution in [3.8, 4) is 0 Å². The first-order valence-corrected chi connectivity index (χ1v) is 9.72. The second-order valence-electron chi connectivity index (χ2n) is 6.65. The van der Waals surface area contributed by atoms with Gasteiger partial charge in [-0.05, 0) is 48.9 Å². The highest BCUT2D eigenvalue weighted by molar-refractivity contribution is 7.10. The molecule has 1 N–H and O–H groups in total. The molecule has 0 fully saturated rings. The van der Waals surface area contributed by atoms with E-state index in [1.165, 1.54) is 4.88 Å². The Bertz CT molecular complexity index is 1060. The number of aromatic amines is 1. The number of hydrogen-bond acceptors (Lipinski definition) is 5. The number of aromatic nitrogens is 2. The van der Waals surface area contributed by atoms with Gasteiger partial charge in [-0.1, -0.05) is 18.5 Å². The maximum Gasteiger partial charge on any atom is 0.339 e. The molecule has 5 nitrogen and oxygen atoms in total. The van der Waals surface area contributed by atoms with E-state index in [0.717, 1.165) is 24.8 Å². The number of rotatable bonds is 3. The molecule has 2 aromatic heterocycles. The summed E-state index contributed by atoms with van der Waals surface area (Å²) in [5.74, 6) is 0.588. The van der Waals surface area contributed by atoms with Gasteiger partial charge in [0, 0.05) is 15.3 Å². The van der Waals surface area contributed by atoms with Crippen molar-refractivity contribution in [2.24, 2.45) is 5.92 Å². The van der Waals surface area contributed by atoms with Crippen LogP contribution in [-0.2, 0) is 24.2 Å². The van der Waals surface area contributed by atoms with Gasteiger partial charge in [0.2, 0.25) is 0 Å². The molecule has 0 radical (unpaired) electrons. The normalized spacial score (nSPS) is 16.5. The van der Waals surface area contributed by atoms with Crippen molar-refractivity contribution in [3.05, 3.63) is 60.8 Å². The SMILES string of the molecule is C[C@H]1CCc2c(C(=O)OCc3nc4cc(Cl)ccc4c(=O)[nH]3)csc2C1. The largest absolute Gasteiger partial charge is 0.454 e. The minimum absolute atomic E-state index is 0.0858. The molecule has 0 bridgehead atoms. The average Bonchev–Trinajstić information content (AvgIpc) is 3.02. The first kappa shape index (κ1) is 17.2. The zero-order valence-electron chi connectivity index (χ0n) is 14.2. The Labute approximate surface area is 159 Å². The highest BCUT2D eigenvalue weighted by Crippen LogP contribution is 2.33. The fourth-order valence-corrected chi connectivity index (χ4v) is 4.69. The van der Waals surface area contributed by atoms with E-state index in [9.17, 15) is 9.59 Å². The lowest BCUT2D eigenvalue weighted by Gasteiger charge is -2.18. The summed E-state index contributed by atoms with van der Waals surface area (Å²) < 4.78 is 5.40. The smallest absolute Gasteiger partial charge is 0.339 e. The lowest BCUT2D eigenvalue weighted by atomic mass is 9.88. The summed E-state index contributed by atoms with van der Waals surface area (Å²) in [5, 5.41) is 2.82. The molecule has 0 unspecified atom stereocenters. The minimum Gasteiger partial charge on any atom is -0.454 e. The monoisotopic (exact) mass is 388 g/mol. The number of esters is 1. The van der Waals surface area contributed by atoms with E-state index >= 15 is 0 Å². The lowest BCUT2D eigenvalue weighted by molar-refractivity contribution is 0.0461. The van der Waals surface area contributed by atoms with Crippen molar-refractivity contribution >= 4 is 39.8 Å². The van der Waals surface area contributed by atoms with E-state index in [2.05, 4.69) is 16.9 Å². The first-order chi connectivity index (χ1) is 12.5. The second kappa shape index (κ2) is 6.85. The number of nitrogens with one attached hydrogen (secondary N) is 1. The summed E-state index contributed by atoms with van der Waals surface area (Å²) >= 11 is 7.58. The summed E-state index contributed by atoms with van der Waals surface area (Å²) in [6.07, 6.45) is 3.02. The Kier molecular flexibility index (Phi) is 4.54. The zero-order chi connectivity index (χ0) is 18.3. The van der Waals surface area contributed by atoms with Crippen molar-refractivity contribution in [2.45, 2.75) is 32.8 Å². The van der Waals surface area contributed by atoms with Crippen LogP contribution in [0, 0.1) is 5.92 Å². The third kappa shape index (κ3) is 3.27. The quantitative estimate of drug-likeness (QED) is 0.685. The number of thiophene rings is 1. The number of benzene rings is 1. The van der Waals surface area contributed by atoms with Crippen LogP contribution in [0.1, 0.15) is 40.0 Å². The van der Waals surface area contributed by atoms with E-state index in [1.54, 1.807) is 29.5 Å². The second-order valence-corrected chi connectivity index (χ2v) is 8.05. The molecular weight excluding hydrogens is 372 g/mol. The molecule has 2 heterocycles. The Morgan fingerprint density at radius 2 is 2.31 bits per heavy atom. The van der Waals surface area contributed by atoms with Crippen molar-refractivity contribution in [1.82, 2.24) is 9.97 Å². The number of carbonyl (C=O) groups excluding carboxylic acids is 1. The maximum absolute atomic E-state index is 12.5. The van der Waals surface area contributed by atoms with E-state index < -0.39 is 0 Å². The maximum atomic E-state index is 12.5. The number of carbonyl (C=O) groups is 1. The number of ether oxygens (including phenoxy) is 1. The van der Waals surface area contributed by atoms with Gasteiger partial charge in [0.05, 0.1) is 16.5 Å². The molecule has 0 spiro atoms. The summed E-state index contributed by atoms with van der Waals surface area (Å²) in [5.41, 5.74) is 1.96. The number of H-pyrrole nitrogens is 1. The number of halogens is 1. The molecule has 1 atom stereocenters. The van der Waals surface area contributed by atoms with Crippen molar-refractivity contribution < 1.29 is 9.53 Å². The number of hydrogen-bond donors (Lipinski definition) is 1. The molecule has 0 aliphatic heterocycles. The highest BCUT2D eigenvalue weighted by Gasteiger charge is 2.24. The molecule has 4 rings (SSSR count). The molecule has 0 saturated heterocycles. The van der Waals surface area contributed by atoms with Gasteiger partial charge < -0.3 is 9.72 Å². The van der Waals surface area contributed by atoms with Gasteiger partial charge in [0.1, 0.15) is 12.4 Å². The van der Waals surface area contributed by atoms with E-state index in [4.69, 9.17) is 16.3 Å². The van der Waals surface area contributed by atoms with Crippen LogP contribution in [0.4, 0.5) is 0 Å². The van der Waals surface area contributed by atoms with Crippen molar-refractivity contribution in [3.63, 3.8) is 0 Å². The predicted molar refractivity (Wildman–Crippen MR) is 102 cm³/mol. The van der Waals surface area contributed by atoms with Crippen LogP contribution in [0.25, 0.3) is 10.9 Å². The van der Waals surface area contributed by atoms with E-state index in [0.29, 0.717) is 33.2 Å². The molecule has 7 heteroatoms. The Morgan fingerprint density at radius 3 is 3.15 bits per heavy atom. The Balaban J connectivity index is 1.53. The van der Waals surface area contributed by atoms with Crippen LogP contribution in [0.15, 0.2) is 28.4 Å². The lowest BCUT2D eigenvalue weighted by Crippen LogP contribution is -2.16. The van der Waals surface area contributed by atoms with Crippen LogP contribution in [-0.4, -0.2) is 15.9 Å². The molecule has 0 amide bonds. The predicted octanol–water partition coefficient (Wildman–Crippen LogP) is 4.12. The van der Waals surface area contributed by atoms with Crippen LogP contribution in [0.3, 0.4) is 0 Å². The highest BCUT2D eigenvalue weighted by atomic mass is 35.5. The standard InChI is InChI=1S/C19H17ClN2O3S/c1-10-2-4-12-14(9-26-16(12)6-10)19(24)25-8-17-21-15-7-11(20)3-5-13(15)18(23)22-17/h3,5,7,9-10H,2,4,6,8H2,1H3,(H,21,22,23)/t10-/m0/s1. The van der Waals surface area contributed by atoms with E-state index in [1.807, 2.05) is 5.38 Å². The third-order valence-electron chi connectivity index (χ3n) is 4.68. The molecule has 134 valence electrons. The molecule has 26 heavy (non-hydrogen) atoms. The summed E-state index contributed by atoms with van der Waals surface area (Å²) in [7, 11) is 0. The van der Waals surface area contributed by atoms with Crippen molar-refractivity contribution in [1.29, 1.82) is 0 Å². The molecular formula is C19H17ClN2O3S. The van der Waals surface area contributed by atoms with Gasteiger partial charge in [-0.2, -0.15) is 0 Å². The molecule has 1 aromatic carbocycles. The van der Waals surface area contributed by atoms with E-state index in [-0.39, 0.29) is 18.1 Å². The Hall–Kier alpha value is -2.18. The molecule has 3 aromatic rings. The van der Waals surface area contributed by atoms with Gasteiger partial charge in [-0.3, -0.25) is 4.79 Å². The number of nitrogens with zero attached hydrogens (tertiary/aromatic N) is 1. The van der Waals surface area contributed by atoms with Crippen LogP contribution in [0.5, 0.6) is 0 Å². The van der Waals surface area contributed by atoms with Crippen molar-refractivity contribution in [2.75, 3.05) is 0 Å². The molecule has 1 aliphatic carbocycles. The fraction of sp³-hybridized carbons (Fsp3) is 0.316. The van der Waals surface area contributed by atoms with Gasteiger partial charge >= 0.3 is 5.97 Å². The fourth-order valence-electron chi connectivity index (χ4n) is 3.29. The molecule has 0 saturated carbocycles. The van der Waals surface area contributed by atoms with Gasteiger partial charge in [0.25, 0.3) is 5.56 Å². The summed E-state index contributed by atoms with van der Waals surface area (Å²) in [6.45, 7) is 2.15. The van der Waals surface area contributed by atoms with Crippen LogP contribution >= 0.6 is 22.9 Å². The summed E-state index contributed by atoms with van der Waals surface area (Å²) in [6, 6.07) is 4.88. The molecule has 1 aliphatic rings. The zero-order valence-corrected chi connectivity index (χ0v) is 15.7. The summed E-state index contributed by atoms with van der Waals surface area (Å²) in [4.78, 5) is 32.9. The van der Waals surface area contributed by atoms with Gasteiger partial charge in [-0.25, -0.2) is 9.78 Å². The van der Waals surface area contributed by atoms with Crippen LogP contribution in [0.2, 0.25) is 5.02 Å². The van der Waals surface area contributed by atoms with Gasteiger partial charge in [0.15, 0.2) is 0 Å². The Morgan fingerprint density at radius 1 is 1.46 bits per heavy atom.